The molecule has 0 aromatic carbocycles. The summed E-state index contributed by atoms with van der Waals surface area (Å²) in [5.74, 6) is 0. The van der Waals surface area contributed by atoms with Crippen molar-refractivity contribution in [1.82, 2.24) is 15.2 Å². The van der Waals surface area contributed by atoms with Crippen molar-refractivity contribution in [1.29, 1.82) is 0 Å². The second kappa shape index (κ2) is 6.22. The van der Waals surface area contributed by atoms with Crippen molar-refractivity contribution in [3.8, 4) is 0 Å². The lowest BCUT2D eigenvalue weighted by Gasteiger charge is -2.25. The van der Waals surface area contributed by atoms with Crippen molar-refractivity contribution in [2.24, 2.45) is 0 Å². The van der Waals surface area contributed by atoms with Gasteiger partial charge in [0.2, 0.25) is 0 Å². The maximum Gasteiger partial charge on any atom is 0.318 e. The van der Waals surface area contributed by atoms with Gasteiger partial charge in [0.15, 0.2) is 0 Å². The van der Waals surface area contributed by atoms with E-state index in [1.165, 1.54) is 0 Å². The minimum atomic E-state index is 0.00801. The zero-order chi connectivity index (χ0) is 13.8. The summed E-state index contributed by atoms with van der Waals surface area (Å²) in [5.41, 5.74) is 0.984. The fourth-order valence-electron chi connectivity index (χ4n) is 3.00. The average molecular weight is 275 g/mol. The molecule has 3 rings (SSSR count). The summed E-state index contributed by atoms with van der Waals surface area (Å²) in [6.07, 6.45) is 6.15. The molecule has 108 valence electrons. The van der Waals surface area contributed by atoms with E-state index in [4.69, 9.17) is 4.74 Å². The fourth-order valence-corrected chi connectivity index (χ4v) is 3.00. The number of hydrogen-bond acceptors (Lipinski definition) is 3. The molecule has 2 saturated heterocycles. The summed E-state index contributed by atoms with van der Waals surface area (Å²) in [5, 5.41) is 3.00. The maximum absolute atomic E-state index is 12.3. The Balaban J connectivity index is 1.58. The predicted octanol–water partition coefficient (Wildman–Crippen LogP) is 2.11. The Morgan fingerprint density at radius 1 is 1.40 bits per heavy atom. The highest BCUT2D eigenvalue weighted by atomic mass is 16.5. The largest absolute Gasteiger partial charge is 0.376 e. The van der Waals surface area contributed by atoms with E-state index in [2.05, 4.69) is 10.3 Å². The quantitative estimate of drug-likeness (QED) is 0.919. The third-order valence-corrected chi connectivity index (χ3v) is 4.05. The normalized spacial score (nSPS) is 25.9. The van der Waals surface area contributed by atoms with Gasteiger partial charge in [-0.1, -0.05) is 6.07 Å². The van der Waals surface area contributed by atoms with Gasteiger partial charge in [-0.15, -0.1) is 0 Å². The third kappa shape index (κ3) is 2.93. The van der Waals surface area contributed by atoms with Crippen LogP contribution in [0.5, 0.6) is 0 Å². The molecule has 1 aromatic rings. The number of carbonyl (C=O) groups is 1. The molecule has 3 heterocycles. The van der Waals surface area contributed by atoms with Gasteiger partial charge in [0.05, 0.1) is 17.8 Å². The molecule has 5 heteroatoms. The van der Waals surface area contributed by atoms with Gasteiger partial charge in [0.1, 0.15) is 0 Å². The Labute approximate surface area is 119 Å². The van der Waals surface area contributed by atoms with E-state index < -0.39 is 0 Å². The second-order valence-electron chi connectivity index (χ2n) is 5.43. The highest BCUT2D eigenvalue weighted by molar-refractivity contribution is 5.75. The number of hydrogen-bond donors (Lipinski definition) is 1. The number of amides is 2. The monoisotopic (exact) mass is 275 g/mol. The first-order chi connectivity index (χ1) is 9.84. The first-order valence-corrected chi connectivity index (χ1v) is 7.41. The van der Waals surface area contributed by atoms with Gasteiger partial charge in [-0.3, -0.25) is 4.98 Å². The molecule has 2 fully saturated rings. The number of likely N-dealkylation sites (tertiary alicyclic amines) is 1. The van der Waals surface area contributed by atoms with Crippen LogP contribution in [-0.4, -0.2) is 41.7 Å². The van der Waals surface area contributed by atoms with E-state index in [-0.39, 0.29) is 18.2 Å². The molecular weight excluding hydrogens is 254 g/mol. The van der Waals surface area contributed by atoms with Crippen molar-refractivity contribution in [2.75, 3.05) is 19.7 Å². The van der Waals surface area contributed by atoms with Crippen molar-refractivity contribution >= 4 is 6.03 Å². The van der Waals surface area contributed by atoms with Crippen LogP contribution in [0.25, 0.3) is 0 Å². The van der Waals surface area contributed by atoms with Gasteiger partial charge in [0.25, 0.3) is 0 Å². The Morgan fingerprint density at radius 3 is 3.10 bits per heavy atom. The molecular formula is C15H21N3O2. The molecule has 0 aliphatic carbocycles. The van der Waals surface area contributed by atoms with E-state index in [0.717, 1.165) is 44.5 Å². The molecule has 2 atom stereocenters. The topological polar surface area (TPSA) is 54.5 Å². The minimum absolute atomic E-state index is 0.00801. The number of nitrogens with zero attached hydrogens (tertiary/aromatic N) is 2. The van der Waals surface area contributed by atoms with Crippen molar-refractivity contribution in [3.05, 3.63) is 30.1 Å². The first kappa shape index (κ1) is 13.4. The van der Waals surface area contributed by atoms with Crippen LogP contribution in [0.15, 0.2) is 24.4 Å². The smallest absolute Gasteiger partial charge is 0.318 e. The van der Waals surface area contributed by atoms with Gasteiger partial charge in [-0.25, -0.2) is 4.79 Å². The van der Waals surface area contributed by atoms with Crippen LogP contribution in [0.1, 0.15) is 37.4 Å². The lowest BCUT2D eigenvalue weighted by atomic mass is 10.1. The lowest BCUT2D eigenvalue weighted by molar-refractivity contribution is 0.108. The van der Waals surface area contributed by atoms with E-state index in [1.807, 2.05) is 23.1 Å². The van der Waals surface area contributed by atoms with Crippen LogP contribution in [0.2, 0.25) is 0 Å². The summed E-state index contributed by atoms with van der Waals surface area (Å²) in [6, 6.07) is 5.99. The molecule has 1 N–H and O–H groups in total. The van der Waals surface area contributed by atoms with Crippen molar-refractivity contribution < 1.29 is 9.53 Å². The standard InChI is InChI=1S/C15H21N3O2/c19-15(17-11-12-5-4-10-20-12)18-9-3-7-14(18)13-6-1-2-8-16-13/h1-2,6,8,12,14H,3-5,7,9-11H2,(H,17,19). The van der Waals surface area contributed by atoms with Crippen molar-refractivity contribution in [2.45, 2.75) is 37.8 Å². The van der Waals surface area contributed by atoms with E-state index in [1.54, 1.807) is 6.20 Å². The van der Waals surface area contributed by atoms with Crippen LogP contribution in [0.3, 0.4) is 0 Å². The summed E-state index contributed by atoms with van der Waals surface area (Å²) in [4.78, 5) is 18.6. The molecule has 2 amide bonds. The molecule has 2 aliphatic heterocycles. The molecule has 1 aromatic heterocycles. The van der Waals surface area contributed by atoms with Gasteiger partial charge in [-0.05, 0) is 37.8 Å². The highest BCUT2D eigenvalue weighted by Crippen LogP contribution is 2.30. The number of nitrogens with one attached hydrogen (secondary N) is 1. The maximum atomic E-state index is 12.3. The summed E-state index contributed by atoms with van der Waals surface area (Å²) < 4.78 is 5.53. The molecule has 2 unspecified atom stereocenters. The van der Waals surface area contributed by atoms with E-state index >= 15 is 0 Å². The number of rotatable bonds is 3. The minimum Gasteiger partial charge on any atom is -0.376 e. The number of aromatic nitrogens is 1. The molecule has 0 spiro atoms. The van der Waals surface area contributed by atoms with Gasteiger partial charge < -0.3 is 15.0 Å². The van der Waals surface area contributed by atoms with Crippen molar-refractivity contribution in [3.63, 3.8) is 0 Å². The molecule has 0 saturated carbocycles. The van der Waals surface area contributed by atoms with Crippen LogP contribution < -0.4 is 5.32 Å². The highest BCUT2D eigenvalue weighted by Gasteiger charge is 2.31. The molecule has 20 heavy (non-hydrogen) atoms. The number of urea groups is 1. The Morgan fingerprint density at radius 2 is 2.35 bits per heavy atom. The Hall–Kier alpha value is -1.62. The van der Waals surface area contributed by atoms with Crippen LogP contribution in [-0.2, 0) is 4.74 Å². The number of carbonyl (C=O) groups excluding carboxylic acids is 1. The Kier molecular flexibility index (Phi) is 4.16. The lowest BCUT2D eigenvalue weighted by Crippen LogP contribution is -2.42. The van der Waals surface area contributed by atoms with Gasteiger partial charge in [-0.2, -0.15) is 0 Å². The second-order valence-corrected chi connectivity index (χ2v) is 5.43. The van der Waals surface area contributed by atoms with Crippen LogP contribution >= 0.6 is 0 Å². The molecule has 2 aliphatic rings. The Bertz CT molecular complexity index is 446. The summed E-state index contributed by atoms with van der Waals surface area (Å²) in [6.45, 7) is 2.24. The molecule has 0 radical (unpaired) electrons. The molecule has 0 bridgehead atoms. The zero-order valence-corrected chi connectivity index (χ0v) is 11.6. The van der Waals surface area contributed by atoms with Crippen LogP contribution in [0, 0.1) is 0 Å². The summed E-state index contributed by atoms with van der Waals surface area (Å²) >= 11 is 0. The predicted molar refractivity (Wildman–Crippen MR) is 75.3 cm³/mol. The van der Waals surface area contributed by atoms with Gasteiger partial charge in [0, 0.05) is 25.9 Å². The zero-order valence-electron chi connectivity index (χ0n) is 11.6. The third-order valence-electron chi connectivity index (χ3n) is 4.05. The SMILES string of the molecule is O=C(NCC1CCCO1)N1CCCC1c1ccccn1. The summed E-state index contributed by atoms with van der Waals surface area (Å²) in [7, 11) is 0. The van der Waals surface area contributed by atoms with E-state index in [0.29, 0.717) is 6.54 Å². The average Bonchev–Trinajstić information content (AvgIpc) is 3.17. The van der Waals surface area contributed by atoms with E-state index in [9.17, 15) is 4.79 Å². The molecule has 5 nitrogen and oxygen atoms in total. The van der Waals surface area contributed by atoms with Gasteiger partial charge >= 0.3 is 6.03 Å². The fraction of sp³-hybridized carbons (Fsp3) is 0.600. The number of pyridine rings is 1. The number of ether oxygens (including phenoxy) is 1. The van der Waals surface area contributed by atoms with Crippen LogP contribution in [0.4, 0.5) is 4.79 Å². The first-order valence-electron chi connectivity index (χ1n) is 7.41.